The van der Waals surface area contributed by atoms with Crippen molar-refractivity contribution in [3.05, 3.63) is 53.1 Å². The molecule has 2 aromatic rings. The van der Waals surface area contributed by atoms with Gasteiger partial charge in [-0.25, -0.2) is 0 Å². The molecule has 5 heteroatoms. The van der Waals surface area contributed by atoms with E-state index in [0.717, 1.165) is 12.1 Å². The lowest BCUT2D eigenvalue weighted by atomic mass is 10.1. The molecule has 0 fully saturated rings. The number of amides is 1. The van der Waals surface area contributed by atoms with Gasteiger partial charge in [-0.15, -0.1) is 0 Å². The van der Waals surface area contributed by atoms with Crippen LogP contribution in [0.1, 0.15) is 12.5 Å². The number of hydrogen-bond acceptors (Lipinski definition) is 3. The van der Waals surface area contributed by atoms with Gasteiger partial charge in [-0.3, -0.25) is 4.79 Å². The van der Waals surface area contributed by atoms with Crippen molar-refractivity contribution in [3.8, 4) is 5.75 Å². The normalized spacial score (nSPS) is 10.1. The monoisotopic (exact) mass is 318 g/mol. The number of anilines is 2. The summed E-state index contributed by atoms with van der Waals surface area (Å²) in [6, 6.07) is 13.0. The Morgan fingerprint density at radius 2 is 2.05 bits per heavy atom. The lowest BCUT2D eigenvalue weighted by Crippen LogP contribution is -2.22. The standard InChI is InChI=1S/C17H19ClN2O2/c1-3-12-5-4-6-14(9-12)20-17(21)11-19-15-10-13(18)7-8-16(15)22-2/h4-10,19H,3,11H2,1-2H3,(H,20,21). The maximum absolute atomic E-state index is 12.0. The molecule has 0 unspecified atom stereocenters. The number of aryl methyl sites for hydroxylation is 1. The minimum Gasteiger partial charge on any atom is -0.495 e. The van der Waals surface area contributed by atoms with Crippen LogP contribution >= 0.6 is 11.6 Å². The van der Waals surface area contributed by atoms with Gasteiger partial charge in [0, 0.05) is 10.7 Å². The van der Waals surface area contributed by atoms with Crippen molar-refractivity contribution in [2.24, 2.45) is 0 Å². The Morgan fingerprint density at radius 1 is 1.23 bits per heavy atom. The maximum atomic E-state index is 12.0. The van der Waals surface area contributed by atoms with Crippen molar-refractivity contribution in [2.75, 3.05) is 24.3 Å². The fourth-order valence-corrected chi connectivity index (χ4v) is 2.24. The van der Waals surface area contributed by atoms with Gasteiger partial charge < -0.3 is 15.4 Å². The van der Waals surface area contributed by atoms with Crippen LogP contribution in [0, 0.1) is 0 Å². The molecule has 0 atom stereocenters. The average molecular weight is 319 g/mol. The van der Waals surface area contributed by atoms with Gasteiger partial charge in [0.15, 0.2) is 0 Å². The van der Waals surface area contributed by atoms with Crippen molar-refractivity contribution < 1.29 is 9.53 Å². The molecule has 2 rings (SSSR count). The largest absolute Gasteiger partial charge is 0.495 e. The van der Waals surface area contributed by atoms with E-state index < -0.39 is 0 Å². The molecule has 0 aliphatic rings. The molecule has 2 N–H and O–H groups in total. The zero-order chi connectivity index (χ0) is 15.9. The van der Waals surface area contributed by atoms with Crippen LogP contribution in [0.25, 0.3) is 0 Å². The van der Waals surface area contributed by atoms with Crippen LogP contribution in [-0.4, -0.2) is 19.6 Å². The van der Waals surface area contributed by atoms with Crippen molar-refractivity contribution >= 4 is 28.9 Å². The topological polar surface area (TPSA) is 50.4 Å². The Kier molecular flexibility index (Phi) is 5.67. The lowest BCUT2D eigenvalue weighted by molar-refractivity contribution is -0.114. The van der Waals surface area contributed by atoms with Crippen LogP contribution in [0.3, 0.4) is 0 Å². The van der Waals surface area contributed by atoms with Gasteiger partial charge in [0.1, 0.15) is 5.75 Å². The molecule has 0 heterocycles. The number of carbonyl (C=O) groups is 1. The number of ether oxygens (including phenoxy) is 1. The number of halogens is 1. The molecule has 1 amide bonds. The van der Waals surface area contributed by atoms with E-state index in [-0.39, 0.29) is 12.5 Å². The number of methoxy groups -OCH3 is 1. The van der Waals surface area contributed by atoms with Gasteiger partial charge in [0.05, 0.1) is 19.3 Å². The molecular weight excluding hydrogens is 300 g/mol. The summed E-state index contributed by atoms with van der Waals surface area (Å²) >= 11 is 5.96. The summed E-state index contributed by atoms with van der Waals surface area (Å²) in [5.41, 5.74) is 2.67. The van der Waals surface area contributed by atoms with Crippen molar-refractivity contribution in [1.82, 2.24) is 0 Å². The van der Waals surface area contributed by atoms with Gasteiger partial charge >= 0.3 is 0 Å². The summed E-state index contributed by atoms with van der Waals surface area (Å²) in [5.74, 6) is 0.514. The van der Waals surface area contributed by atoms with E-state index >= 15 is 0 Å². The summed E-state index contributed by atoms with van der Waals surface area (Å²) in [6.45, 7) is 2.21. The molecule has 0 spiro atoms. The first-order chi connectivity index (χ1) is 10.6. The van der Waals surface area contributed by atoms with Crippen LogP contribution in [-0.2, 0) is 11.2 Å². The number of hydrogen-bond donors (Lipinski definition) is 2. The first-order valence-electron chi connectivity index (χ1n) is 7.08. The van der Waals surface area contributed by atoms with E-state index in [0.29, 0.717) is 16.5 Å². The second-order valence-electron chi connectivity index (χ2n) is 4.80. The third kappa shape index (κ3) is 4.40. The Hall–Kier alpha value is -2.20. The van der Waals surface area contributed by atoms with E-state index in [2.05, 4.69) is 17.6 Å². The minimum atomic E-state index is -0.129. The number of rotatable bonds is 6. The molecule has 0 aromatic heterocycles. The summed E-state index contributed by atoms with van der Waals surface area (Å²) in [6.07, 6.45) is 0.932. The molecule has 22 heavy (non-hydrogen) atoms. The molecule has 0 saturated carbocycles. The smallest absolute Gasteiger partial charge is 0.243 e. The second-order valence-corrected chi connectivity index (χ2v) is 5.24. The predicted molar refractivity (Wildman–Crippen MR) is 90.9 cm³/mol. The Morgan fingerprint density at radius 3 is 2.77 bits per heavy atom. The molecule has 0 bridgehead atoms. The fourth-order valence-electron chi connectivity index (χ4n) is 2.07. The van der Waals surface area contributed by atoms with Gasteiger partial charge in [-0.05, 0) is 42.3 Å². The predicted octanol–water partition coefficient (Wildman–Crippen LogP) is 3.96. The summed E-state index contributed by atoms with van der Waals surface area (Å²) in [4.78, 5) is 12.0. The summed E-state index contributed by atoms with van der Waals surface area (Å²) in [7, 11) is 1.57. The van der Waals surface area contributed by atoms with Gasteiger partial charge in [-0.1, -0.05) is 30.7 Å². The van der Waals surface area contributed by atoms with Crippen molar-refractivity contribution in [1.29, 1.82) is 0 Å². The quantitative estimate of drug-likeness (QED) is 0.847. The Labute approximate surface area is 135 Å². The molecular formula is C17H19ClN2O2. The third-order valence-electron chi connectivity index (χ3n) is 3.22. The third-order valence-corrected chi connectivity index (χ3v) is 3.46. The van der Waals surface area contributed by atoms with Crippen LogP contribution < -0.4 is 15.4 Å². The van der Waals surface area contributed by atoms with Crippen molar-refractivity contribution in [2.45, 2.75) is 13.3 Å². The number of nitrogens with one attached hydrogen (secondary N) is 2. The highest BCUT2D eigenvalue weighted by Gasteiger charge is 2.07. The molecule has 0 radical (unpaired) electrons. The van der Waals surface area contributed by atoms with E-state index in [1.54, 1.807) is 25.3 Å². The highest BCUT2D eigenvalue weighted by atomic mass is 35.5. The molecule has 0 aliphatic carbocycles. The molecule has 0 aliphatic heterocycles. The zero-order valence-corrected chi connectivity index (χ0v) is 13.4. The molecule has 116 valence electrons. The van der Waals surface area contributed by atoms with Crippen molar-refractivity contribution in [3.63, 3.8) is 0 Å². The average Bonchev–Trinajstić information content (AvgIpc) is 2.53. The van der Waals surface area contributed by atoms with Crippen LogP contribution in [0.5, 0.6) is 5.75 Å². The van der Waals surface area contributed by atoms with Crippen LogP contribution in [0.4, 0.5) is 11.4 Å². The lowest BCUT2D eigenvalue weighted by Gasteiger charge is -2.12. The highest BCUT2D eigenvalue weighted by Crippen LogP contribution is 2.27. The van der Waals surface area contributed by atoms with Gasteiger partial charge in [0.25, 0.3) is 0 Å². The summed E-state index contributed by atoms with van der Waals surface area (Å²) in [5, 5.41) is 6.48. The Balaban J connectivity index is 1.96. The van der Waals surface area contributed by atoms with E-state index in [1.165, 1.54) is 5.56 Å². The number of carbonyl (C=O) groups excluding carboxylic acids is 1. The van der Waals surface area contributed by atoms with Gasteiger partial charge in [0.2, 0.25) is 5.91 Å². The first kappa shape index (κ1) is 16.2. The van der Waals surface area contributed by atoms with E-state index in [9.17, 15) is 4.79 Å². The maximum Gasteiger partial charge on any atom is 0.243 e. The van der Waals surface area contributed by atoms with E-state index in [4.69, 9.17) is 16.3 Å². The second kappa shape index (κ2) is 7.71. The summed E-state index contributed by atoms with van der Waals surface area (Å²) < 4.78 is 5.23. The van der Waals surface area contributed by atoms with E-state index in [1.807, 2.05) is 24.3 Å². The SMILES string of the molecule is CCc1cccc(NC(=O)CNc2cc(Cl)ccc2OC)c1. The Bertz CT molecular complexity index is 659. The molecule has 0 saturated heterocycles. The van der Waals surface area contributed by atoms with Gasteiger partial charge in [-0.2, -0.15) is 0 Å². The molecule has 4 nitrogen and oxygen atoms in total. The number of benzene rings is 2. The van der Waals surface area contributed by atoms with Crippen LogP contribution in [0.2, 0.25) is 5.02 Å². The molecule has 2 aromatic carbocycles. The van der Waals surface area contributed by atoms with Crippen LogP contribution in [0.15, 0.2) is 42.5 Å². The first-order valence-corrected chi connectivity index (χ1v) is 7.46. The zero-order valence-electron chi connectivity index (χ0n) is 12.7. The minimum absolute atomic E-state index is 0.129. The fraction of sp³-hybridized carbons (Fsp3) is 0.235. The highest BCUT2D eigenvalue weighted by molar-refractivity contribution is 6.30.